The number of nitrogens with zero attached hydrogens (tertiary/aromatic N) is 3. The van der Waals surface area contributed by atoms with E-state index in [-0.39, 0.29) is 6.04 Å². The molecule has 1 rings (SSSR count). The lowest BCUT2D eigenvalue weighted by molar-refractivity contribution is 0.0596. The maximum Gasteiger partial charge on any atom is 0.156 e. The van der Waals surface area contributed by atoms with Crippen LogP contribution in [-0.4, -0.2) is 72.8 Å². The SMILES string of the molecule is CCC(C(N)=NO)N1CCN(CCOCC(C)C)CC1. The number of hydrogen-bond donors (Lipinski definition) is 2. The highest BCUT2D eigenvalue weighted by molar-refractivity contribution is 5.85. The lowest BCUT2D eigenvalue weighted by Crippen LogP contribution is -2.54. The zero-order chi connectivity index (χ0) is 15.0. The Morgan fingerprint density at radius 3 is 2.45 bits per heavy atom. The summed E-state index contributed by atoms with van der Waals surface area (Å²) in [5.41, 5.74) is 5.74. The summed E-state index contributed by atoms with van der Waals surface area (Å²) in [6.07, 6.45) is 0.868. The first-order valence-electron chi connectivity index (χ1n) is 7.60. The second-order valence-corrected chi connectivity index (χ2v) is 5.80. The van der Waals surface area contributed by atoms with Crippen molar-refractivity contribution in [2.45, 2.75) is 33.2 Å². The Kier molecular flexibility index (Phi) is 7.87. The third kappa shape index (κ3) is 5.64. The molecule has 0 amide bonds. The van der Waals surface area contributed by atoms with E-state index >= 15 is 0 Å². The zero-order valence-corrected chi connectivity index (χ0v) is 13.1. The number of amidine groups is 1. The van der Waals surface area contributed by atoms with E-state index < -0.39 is 0 Å². The summed E-state index contributed by atoms with van der Waals surface area (Å²) in [5.74, 6) is 0.916. The molecule has 0 saturated carbocycles. The first-order chi connectivity index (χ1) is 9.58. The Bertz CT molecular complexity index is 289. The summed E-state index contributed by atoms with van der Waals surface area (Å²) in [6.45, 7) is 13.0. The second-order valence-electron chi connectivity index (χ2n) is 5.80. The summed E-state index contributed by atoms with van der Waals surface area (Å²) >= 11 is 0. The fourth-order valence-corrected chi connectivity index (χ4v) is 2.53. The molecular formula is C14H30N4O2. The number of nitrogens with two attached hydrogens (primary N) is 1. The van der Waals surface area contributed by atoms with Crippen LogP contribution in [0.15, 0.2) is 5.16 Å². The highest BCUT2D eigenvalue weighted by atomic mass is 16.5. The van der Waals surface area contributed by atoms with Crippen LogP contribution in [0.1, 0.15) is 27.2 Å². The van der Waals surface area contributed by atoms with E-state index in [1.54, 1.807) is 0 Å². The predicted octanol–water partition coefficient (Wildman–Crippen LogP) is 0.802. The molecule has 0 aliphatic carbocycles. The van der Waals surface area contributed by atoms with Crippen LogP contribution in [0.4, 0.5) is 0 Å². The number of piperazine rings is 1. The first kappa shape index (κ1) is 17.2. The molecular weight excluding hydrogens is 256 g/mol. The minimum absolute atomic E-state index is 0.0549. The van der Waals surface area contributed by atoms with Crippen molar-refractivity contribution >= 4 is 5.84 Å². The van der Waals surface area contributed by atoms with Crippen LogP contribution >= 0.6 is 0 Å². The monoisotopic (exact) mass is 286 g/mol. The van der Waals surface area contributed by atoms with E-state index in [4.69, 9.17) is 15.7 Å². The van der Waals surface area contributed by atoms with Gasteiger partial charge in [0.2, 0.25) is 0 Å². The molecule has 1 aliphatic rings. The molecule has 1 atom stereocenters. The summed E-state index contributed by atoms with van der Waals surface area (Å²) in [7, 11) is 0. The lowest BCUT2D eigenvalue weighted by Gasteiger charge is -2.38. The minimum atomic E-state index is 0.0549. The van der Waals surface area contributed by atoms with E-state index in [1.165, 1.54) is 0 Å². The van der Waals surface area contributed by atoms with Crippen molar-refractivity contribution in [2.75, 3.05) is 45.9 Å². The third-order valence-electron chi connectivity index (χ3n) is 3.69. The van der Waals surface area contributed by atoms with E-state index in [2.05, 4.69) is 35.7 Å². The van der Waals surface area contributed by atoms with Gasteiger partial charge in [-0.15, -0.1) is 0 Å². The average molecular weight is 286 g/mol. The van der Waals surface area contributed by atoms with Crippen molar-refractivity contribution in [2.24, 2.45) is 16.8 Å². The Labute approximate surface area is 122 Å². The Hall–Kier alpha value is -0.850. The van der Waals surface area contributed by atoms with Crippen molar-refractivity contribution in [1.82, 2.24) is 9.80 Å². The largest absolute Gasteiger partial charge is 0.409 e. The molecule has 1 fully saturated rings. The molecule has 0 aromatic heterocycles. The fourth-order valence-electron chi connectivity index (χ4n) is 2.53. The van der Waals surface area contributed by atoms with E-state index in [9.17, 15) is 0 Å². The van der Waals surface area contributed by atoms with Gasteiger partial charge >= 0.3 is 0 Å². The number of ether oxygens (including phenoxy) is 1. The van der Waals surface area contributed by atoms with Gasteiger partial charge < -0.3 is 15.7 Å². The molecule has 1 aliphatic heterocycles. The normalized spacial score (nSPS) is 20.5. The zero-order valence-electron chi connectivity index (χ0n) is 13.1. The third-order valence-corrected chi connectivity index (χ3v) is 3.69. The van der Waals surface area contributed by atoms with Gasteiger partial charge in [-0.1, -0.05) is 25.9 Å². The highest BCUT2D eigenvalue weighted by Gasteiger charge is 2.25. The van der Waals surface area contributed by atoms with Gasteiger partial charge in [-0.25, -0.2) is 0 Å². The van der Waals surface area contributed by atoms with Crippen LogP contribution in [0.2, 0.25) is 0 Å². The van der Waals surface area contributed by atoms with Crippen LogP contribution in [-0.2, 0) is 4.74 Å². The van der Waals surface area contributed by atoms with Gasteiger partial charge in [-0.05, 0) is 12.3 Å². The Morgan fingerprint density at radius 1 is 1.30 bits per heavy atom. The van der Waals surface area contributed by atoms with E-state index in [0.717, 1.165) is 52.4 Å². The lowest BCUT2D eigenvalue weighted by atomic mass is 10.1. The average Bonchev–Trinajstić information content (AvgIpc) is 2.45. The summed E-state index contributed by atoms with van der Waals surface area (Å²) in [4.78, 5) is 4.70. The number of hydrogen-bond acceptors (Lipinski definition) is 5. The highest BCUT2D eigenvalue weighted by Crippen LogP contribution is 2.09. The summed E-state index contributed by atoms with van der Waals surface area (Å²) < 4.78 is 5.62. The van der Waals surface area contributed by atoms with Gasteiger partial charge in [0.05, 0.1) is 12.6 Å². The van der Waals surface area contributed by atoms with Crippen LogP contribution in [0.3, 0.4) is 0 Å². The molecule has 1 heterocycles. The van der Waals surface area contributed by atoms with Crippen LogP contribution in [0, 0.1) is 5.92 Å². The Morgan fingerprint density at radius 2 is 1.95 bits per heavy atom. The summed E-state index contributed by atoms with van der Waals surface area (Å²) in [6, 6.07) is 0.0549. The van der Waals surface area contributed by atoms with Crippen molar-refractivity contribution < 1.29 is 9.94 Å². The molecule has 0 radical (unpaired) electrons. The standard InChI is InChI=1S/C14H30N4O2/c1-4-13(14(15)16-19)18-7-5-17(6-8-18)9-10-20-11-12(2)3/h12-13,19H,4-11H2,1-3H3,(H2,15,16). The molecule has 20 heavy (non-hydrogen) atoms. The molecule has 0 bridgehead atoms. The van der Waals surface area contributed by atoms with Gasteiger partial charge in [0.25, 0.3) is 0 Å². The first-order valence-corrected chi connectivity index (χ1v) is 7.60. The molecule has 1 saturated heterocycles. The molecule has 6 nitrogen and oxygen atoms in total. The van der Waals surface area contributed by atoms with Crippen molar-refractivity contribution in [1.29, 1.82) is 0 Å². The predicted molar refractivity (Wildman–Crippen MR) is 81.2 cm³/mol. The topological polar surface area (TPSA) is 74.3 Å². The Balaban J connectivity index is 2.25. The number of oxime groups is 1. The van der Waals surface area contributed by atoms with Gasteiger partial charge in [-0.2, -0.15) is 0 Å². The second kappa shape index (κ2) is 9.15. The van der Waals surface area contributed by atoms with Gasteiger partial charge in [0.15, 0.2) is 5.84 Å². The maximum absolute atomic E-state index is 8.82. The minimum Gasteiger partial charge on any atom is -0.409 e. The van der Waals surface area contributed by atoms with Gasteiger partial charge in [0.1, 0.15) is 0 Å². The quantitative estimate of drug-likeness (QED) is 0.227. The van der Waals surface area contributed by atoms with E-state index in [0.29, 0.717) is 11.8 Å². The summed E-state index contributed by atoms with van der Waals surface area (Å²) in [5, 5.41) is 12.0. The molecule has 0 aromatic carbocycles. The molecule has 6 heteroatoms. The fraction of sp³-hybridized carbons (Fsp3) is 0.929. The number of rotatable bonds is 8. The van der Waals surface area contributed by atoms with E-state index in [1.807, 2.05) is 0 Å². The smallest absolute Gasteiger partial charge is 0.156 e. The molecule has 3 N–H and O–H groups in total. The molecule has 0 spiro atoms. The van der Waals surface area contributed by atoms with Crippen LogP contribution < -0.4 is 5.73 Å². The van der Waals surface area contributed by atoms with Crippen LogP contribution in [0.5, 0.6) is 0 Å². The van der Waals surface area contributed by atoms with Gasteiger partial charge in [-0.3, -0.25) is 9.80 Å². The van der Waals surface area contributed by atoms with Crippen molar-refractivity contribution in [3.05, 3.63) is 0 Å². The van der Waals surface area contributed by atoms with Gasteiger partial charge in [0, 0.05) is 39.3 Å². The van der Waals surface area contributed by atoms with Crippen molar-refractivity contribution in [3.63, 3.8) is 0 Å². The van der Waals surface area contributed by atoms with Crippen molar-refractivity contribution in [3.8, 4) is 0 Å². The maximum atomic E-state index is 8.82. The molecule has 1 unspecified atom stereocenters. The molecule has 0 aromatic rings. The van der Waals surface area contributed by atoms with Crippen LogP contribution in [0.25, 0.3) is 0 Å². The molecule has 118 valence electrons.